The highest BCUT2D eigenvalue weighted by atomic mass is 16.5. The lowest BCUT2D eigenvalue weighted by Crippen LogP contribution is -2.11. The van der Waals surface area contributed by atoms with Gasteiger partial charge in [-0.1, -0.05) is 24.3 Å². The molecule has 0 aliphatic carbocycles. The zero-order valence-corrected chi connectivity index (χ0v) is 10.7. The molecule has 0 amide bonds. The van der Waals surface area contributed by atoms with Gasteiger partial charge in [0.2, 0.25) is 0 Å². The van der Waals surface area contributed by atoms with Gasteiger partial charge in [-0.3, -0.25) is 0 Å². The lowest BCUT2D eigenvalue weighted by Gasteiger charge is -2.09. The van der Waals surface area contributed by atoms with Crippen LogP contribution in [0.4, 0.5) is 0 Å². The SMILES string of the molecule is CNCCc1ccccc1COCc1ccco1. The van der Waals surface area contributed by atoms with Crippen molar-refractivity contribution in [1.29, 1.82) is 0 Å². The van der Waals surface area contributed by atoms with Crippen molar-refractivity contribution < 1.29 is 9.15 Å². The van der Waals surface area contributed by atoms with Crippen LogP contribution >= 0.6 is 0 Å². The maximum absolute atomic E-state index is 5.67. The molecule has 0 spiro atoms. The smallest absolute Gasteiger partial charge is 0.129 e. The third kappa shape index (κ3) is 3.72. The fraction of sp³-hybridized carbons (Fsp3) is 0.333. The van der Waals surface area contributed by atoms with Crippen LogP contribution in [-0.4, -0.2) is 13.6 Å². The number of hydrogen-bond acceptors (Lipinski definition) is 3. The highest BCUT2D eigenvalue weighted by molar-refractivity contribution is 5.26. The van der Waals surface area contributed by atoms with E-state index < -0.39 is 0 Å². The van der Waals surface area contributed by atoms with Gasteiger partial charge in [0.1, 0.15) is 12.4 Å². The molecule has 0 fully saturated rings. The molecule has 0 saturated heterocycles. The van der Waals surface area contributed by atoms with Crippen molar-refractivity contribution in [2.24, 2.45) is 0 Å². The number of likely N-dealkylation sites (N-methyl/N-ethyl adjacent to an activating group) is 1. The van der Waals surface area contributed by atoms with Gasteiger partial charge in [0.15, 0.2) is 0 Å². The van der Waals surface area contributed by atoms with E-state index in [1.807, 2.05) is 19.2 Å². The number of nitrogens with one attached hydrogen (secondary N) is 1. The van der Waals surface area contributed by atoms with Gasteiger partial charge in [-0.05, 0) is 43.3 Å². The topological polar surface area (TPSA) is 34.4 Å². The normalized spacial score (nSPS) is 10.7. The van der Waals surface area contributed by atoms with Gasteiger partial charge < -0.3 is 14.5 Å². The predicted octanol–water partition coefficient (Wildman–Crippen LogP) is 2.76. The standard InChI is InChI=1S/C15H19NO2/c1-16-9-8-13-5-2-3-6-14(13)11-17-12-15-7-4-10-18-15/h2-7,10,16H,8-9,11-12H2,1H3. The number of benzene rings is 1. The minimum Gasteiger partial charge on any atom is -0.467 e. The van der Waals surface area contributed by atoms with Crippen LogP contribution in [0.2, 0.25) is 0 Å². The summed E-state index contributed by atoms with van der Waals surface area (Å²) >= 11 is 0. The highest BCUT2D eigenvalue weighted by Gasteiger charge is 2.02. The van der Waals surface area contributed by atoms with Crippen LogP contribution in [0.25, 0.3) is 0 Å². The van der Waals surface area contributed by atoms with E-state index in [1.165, 1.54) is 11.1 Å². The molecule has 0 saturated carbocycles. The maximum Gasteiger partial charge on any atom is 0.129 e. The van der Waals surface area contributed by atoms with Crippen LogP contribution in [-0.2, 0) is 24.4 Å². The molecule has 0 aliphatic rings. The molecule has 0 bridgehead atoms. The first kappa shape index (κ1) is 12.9. The van der Waals surface area contributed by atoms with Gasteiger partial charge in [-0.25, -0.2) is 0 Å². The summed E-state index contributed by atoms with van der Waals surface area (Å²) in [4.78, 5) is 0. The van der Waals surface area contributed by atoms with Gasteiger partial charge in [-0.2, -0.15) is 0 Å². The molecule has 1 aromatic heterocycles. The third-order valence-electron chi connectivity index (χ3n) is 2.84. The van der Waals surface area contributed by atoms with E-state index in [0.29, 0.717) is 13.2 Å². The average molecular weight is 245 g/mol. The molecular weight excluding hydrogens is 226 g/mol. The molecular formula is C15H19NO2. The molecule has 0 unspecified atom stereocenters. The van der Waals surface area contributed by atoms with E-state index >= 15 is 0 Å². The Morgan fingerprint density at radius 3 is 2.61 bits per heavy atom. The summed E-state index contributed by atoms with van der Waals surface area (Å²) in [7, 11) is 1.97. The molecule has 0 aliphatic heterocycles. The van der Waals surface area contributed by atoms with Gasteiger partial charge in [0, 0.05) is 0 Å². The van der Waals surface area contributed by atoms with Crippen molar-refractivity contribution in [2.75, 3.05) is 13.6 Å². The Hall–Kier alpha value is -1.58. The van der Waals surface area contributed by atoms with Crippen LogP contribution in [0.1, 0.15) is 16.9 Å². The Balaban J connectivity index is 1.87. The summed E-state index contributed by atoms with van der Waals surface area (Å²) in [6, 6.07) is 12.2. The van der Waals surface area contributed by atoms with E-state index in [0.717, 1.165) is 18.7 Å². The lowest BCUT2D eigenvalue weighted by molar-refractivity contribution is 0.0924. The monoisotopic (exact) mass is 245 g/mol. The lowest BCUT2D eigenvalue weighted by atomic mass is 10.1. The molecule has 3 heteroatoms. The third-order valence-corrected chi connectivity index (χ3v) is 2.84. The van der Waals surface area contributed by atoms with Gasteiger partial charge in [0.25, 0.3) is 0 Å². The van der Waals surface area contributed by atoms with Gasteiger partial charge in [-0.15, -0.1) is 0 Å². The minimum atomic E-state index is 0.521. The van der Waals surface area contributed by atoms with Crippen LogP contribution < -0.4 is 5.32 Å². The average Bonchev–Trinajstić information content (AvgIpc) is 2.91. The fourth-order valence-corrected chi connectivity index (χ4v) is 1.86. The second kappa shape index (κ2) is 6.99. The molecule has 2 aromatic rings. The van der Waals surface area contributed by atoms with E-state index in [1.54, 1.807) is 6.26 Å². The van der Waals surface area contributed by atoms with Crippen LogP contribution in [0, 0.1) is 0 Å². The van der Waals surface area contributed by atoms with Crippen molar-refractivity contribution in [2.45, 2.75) is 19.6 Å². The summed E-state index contributed by atoms with van der Waals surface area (Å²) in [6.45, 7) is 2.13. The summed E-state index contributed by atoms with van der Waals surface area (Å²) in [5.41, 5.74) is 2.59. The quantitative estimate of drug-likeness (QED) is 0.814. The Morgan fingerprint density at radius 1 is 1.06 bits per heavy atom. The molecule has 0 atom stereocenters. The van der Waals surface area contributed by atoms with Gasteiger partial charge in [0.05, 0.1) is 12.9 Å². The first-order chi connectivity index (χ1) is 8.90. The molecule has 1 aromatic carbocycles. The summed E-state index contributed by atoms with van der Waals surface area (Å²) in [6.07, 6.45) is 2.69. The molecule has 18 heavy (non-hydrogen) atoms. The van der Waals surface area contributed by atoms with E-state index in [2.05, 4.69) is 29.6 Å². The van der Waals surface area contributed by atoms with E-state index in [-0.39, 0.29) is 0 Å². The van der Waals surface area contributed by atoms with Crippen molar-refractivity contribution in [3.63, 3.8) is 0 Å². The summed E-state index contributed by atoms with van der Waals surface area (Å²) in [5.74, 6) is 0.864. The second-order valence-electron chi connectivity index (χ2n) is 4.19. The molecule has 0 radical (unpaired) electrons. The number of ether oxygens (including phenoxy) is 1. The van der Waals surface area contributed by atoms with E-state index in [9.17, 15) is 0 Å². The van der Waals surface area contributed by atoms with Crippen molar-refractivity contribution in [1.82, 2.24) is 5.32 Å². The Labute approximate surface area is 108 Å². The summed E-state index contributed by atoms with van der Waals surface area (Å²) < 4.78 is 10.9. The largest absolute Gasteiger partial charge is 0.467 e. The molecule has 1 heterocycles. The molecule has 96 valence electrons. The van der Waals surface area contributed by atoms with Crippen molar-refractivity contribution in [3.8, 4) is 0 Å². The van der Waals surface area contributed by atoms with Crippen LogP contribution in [0.3, 0.4) is 0 Å². The second-order valence-corrected chi connectivity index (χ2v) is 4.19. The molecule has 3 nitrogen and oxygen atoms in total. The van der Waals surface area contributed by atoms with Gasteiger partial charge >= 0.3 is 0 Å². The summed E-state index contributed by atoms with van der Waals surface area (Å²) in [5, 5.41) is 3.17. The fourth-order valence-electron chi connectivity index (χ4n) is 1.86. The Bertz CT molecular complexity index is 451. The Kier molecular flexibility index (Phi) is 5.00. The van der Waals surface area contributed by atoms with E-state index in [4.69, 9.17) is 9.15 Å². The maximum atomic E-state index is 5.67. The predicted molar refractivity (Wildman–Crippen MR) is 71.3 cm³/mol. The zero-order chi connectivity index (χ0) is 12.6. The number of hydrogen-bond donors (Lipinski definition) is 1. The molecule has 1 N–H and O–H groups in total. The van der Waals surface area contributed by atoms with Crippen LogP contribution in [0.15, 0.2) is 47.1 Å². The zero-order valence-electron chi connectivity index (χ0n) is 10.7. The number of rotatable bonds is 7. The number of furan rings is 1. The first-order valence-corrected chi connectivity index (χ1v) is 6.21. The van der Waals surface area contributed by atoms with Crippen molar-refractivity contribution in [3.05, 3.63) is 59.5 Å². The van der Waals surface area contributed by atoms with Crippen molar-refractivity contribution >= 4 is 0 Å². The highest BCUT2D eigenvalue weighted by Crippen LogP contribution is 2.12. The van der Waals surface area contributed by atoms with Crippen LogP contribution in [0.5, 0.6) is 0 Å². The minimum absolute atomic E-state index is 0.521. The molecule has 2 rings (SSSR count). The first-order valence-electron chi connectivity index (χ1n) is 6.21. The Morgan fingerprint density at radius 2 is 1.89 bits per heavy atom.